The Balaban J connectivity index is 3.11. The third-order valence-electron chi connectivity index (χ3n) is 1.79. The molecule has 0 aromatic carbocycles. The third kappa shape index (κ3) is 2.65. The van der Waals surface area contributed by atoms with Gasteiger partial charge in [0.1, 0.15) is 5.69 Å². The lowest BCUT2D eigenvalue weighted by molar-refractivity contribution is 0.0513. The van der Waals surface area contributed by atoms with Gasteiger partial charge in [-0.1, -0.05) is 0 Å². The average Bonchev–Trinajstić information content (AvgIpc) is 2.28. The second kappa shape index (κ2) is 5.39. The van der Waals surface area contributed by atoms with Crippen molar-refractivity contribution in [3.63, 3.8) is 0 Å². The van der Waals surface area contributed by atoms with Crippen molar-refractivity contribution in [3.8, 4) is 5.75 Å². The third-order valence-corrected chi connectivity index (χ3v) is 1.79. The van der Waals surface area contributed by atoms with Gasteiger partial charge in [-0.3, -0.25) is 0 Å². The summed E-state index contributed by atoms with van der Waals surface area (Å²) in [5.41, 5.74) is -0.717. The summed E-state index contributed by atoms with van der Waals surface area (Å²) in [6, 6.07) is 2.37. The van der Waals surface area contributed by atoms with E-state index in [4.69, 9.17) is 4.74 Å². The van der Waals surface area contributed by atoms with Crippen molar-refractivity contribution in [3.05, 3.63) is 23.5 Å². The second-order valence-electron chi connectivity index (χ2n) is 2.81. The van der Waals surface area contributed by atoms with Gasteiger partial charge in [0.05, 0.1) is 13.7 Å². The van der Waals surface area contributed by atoms with Gasteiger partial charge in [0.2, 0.25) is 0 Å². The largest absolute Gasteiger partial charge is 0.494 e. The lowest BCUT2D eigenvalue weighted by Gasteiger charge is -2.08. The van der Waals surface area contributed by atoms with Crippen LogP contribution in [-0.2, 0) is 4.74 Å². The van der Waals surface area contributed by atoms with E-state index in [0.717, 1.165) is 6.07 Å². The first-order valence-corrected chi connectivity index (χ1v) is 4.60. The highest BCUT2D eigenvalue weighted by Crippen LogP contribution is 2.23. The summed E-state index contributed by atoms with van der Waals surface area (Å²) in [5.74, 6) is -0.662. The molecule has 16 heavy (non-hydrogen) atoms. The smallest absolute Gasteiger partial charge is 0.360 e. The Morgan fingerprint density at radius 1 is 1.50 bits per heavy atom. The van der Waals surface area contributed by atoms with Crippen LogP contribution in [0.15, 0.2) is 12.1 Å². The Morgan fingerprint density at radius 2 is 2.19 bits per heavy atom. The van der Waals surface area contributed by atoms with Gasteiger partial charge in [-0.15, -0.1) is 0 Å². The molecular formula is C10H11F2NO3. The molecule has 0 aliphatic rings. The molecule has 1 aromatic rings. The van der Waals surface area contributed by atoms with Crippen LogP contribution in [0.5, 0.6) is 5.75 Å². The number of pyridine rings is 1. The number of carbonyl (C=O) groups excluding carboxylic acids is 1. The van der Waals surface area contributed by atoms with Crippen molar-refractivity contribution < 1.29 is 23.0 Å². The number of aromatic nitrogens is 1. The first-order valence-electron chi connectivity index (χ1n) is 4.60. The van der Waals surface area contributed by atoms with Gasteiger partial charge in [0.15, 0.2) is 11.4 Å². The minimum atomic E-state index is -2.74. The minimum Gasteiger partial charge on any atom is -0.494 e. The fraction of sp³-hybridized carbons (Fsp3) is 0.400. The van der Waals surface area contributed by atoms with Crippen molar-refractivity contribution in [1.82, 2.24) is 4.98 Å². The van der Waals surface area contributed by atoms with Crippen molar-refractivity contribution in [2.24, 2.45) is 0 Å². The van der Waals surface area contributed by atoms with E-state index in [2.05, 4.69) is 9.72 Å². The topological polar surface area (TPSA) is 48.4 Å². The molecule has 6 heteroatoms. The van der Waals surface area contributed by atoms with Crippen molar-refractivity contribution in [2.45, 2.75) is 13.3 Å². The van der Waals surface area contributed by atoms with E-state index in [9.17, 15) is 13.6 Å². The molecule has 0 aliphatic carbocycles. The average molecular weight is 231 g/mol. The summed E-state index contributed by atoms with van der Waals surface area (Å²) >= 11 is 0. The lowest BCUT2D eigenvalue weighted by atomic mass is 10.2. The molecule has 0 saturated heterocycles. The van der Waals surface area contributed by atoms with Gasteiger partial charge in [-0.25, -0.2) is 18.6 Å². The fourth-order valence-corrected chi connectivity index (χ4v) is 1.09. The van der Waals surface area contributed by atoms with Crippen LogP contribution >= 0.6 is 0 Å². The Morgan fingerprint density at radius 3 is 2.69 bits per heavy atom. The zero-order chi connectivity index (χ0) is 12.1. The van der Waals surface area contributed by atoms with E-state index in [0.29, 0.717) is 0 Å². The number of alkyl halides is 2. The fourth-order valence-electron chi connectivity index (χ4n) is 1.09. The van der Waals surface area contributed by atoms with E-state index in [1.54, 1.807) is 6.92 Å². The minimum absolute atomic E-state index is 0.114. The molecular weight excluding hydrogens is 220 g/mol. The number of carbonyl (C=O) groups is 1. The van der Waals surface area contributed by atoms with Gasteiger partial charge in [-0.05, 0) is 19.1 Å². The molecule has 0 bridgehead atoms. The first-order chi connectivity index (χ1) is 7.60. The number of ether oxygens (including phenoxy) is 2. The molecule has 1 rings (SSSR count). The number of hydrogen-bond acceptors (Lipinski definition) is 4. The zero-order valence-corrected chi connectivity index (χ0v) is 8.87. The molecule has 0 amide bonds. The monoisotopic (exact) mass is 231 g/mol. The summed E-state index contributed by atoms with van der Waals surface area (Å²) in [5, 5.41) is 0. The molecule has 0 saturated carbocycles. The maximum Gasteiger partial charge on any atom is 0.360 e. The molecule has 0 fully saturated rings. The Hall–Kier alpha value is -1.72. The van der Waals surface area contributed by atoms with Gasteiger partial charge in [0.25, 0.3) is 6.43 Å². The highest BCUT2D eigenvalue weighted by atomic mass is 19.3. The maximum absolute atomic E-state index is 12.4. The molecule has 0 radical (unpaired) electrons. The predicted octanol–water partition coefficient (Wildman–Crippen LogP) is 2.20. The number of halogens is 2. The van der Waals surface area contributed by atoms with Crippen molar-refractivity contribution >= 4 is 5.97 Å². The van der Waals surface area contributed by atoms with Gasteiger partial charge in [-0.2, -0.15) is 0 Å². The normalized spacial score (nSPS) is 10.3. The molecule has 1 aromatic heterocycles. The van der Waals surface area contributed by atoms with E-state index in [1.807, 2.05) is 0 Å². The number of methoxy groups -OCH3 is 1. The first kappa shape index (κ1) is 12.4. The molecule has 0 aliphatic heterocycles. The highest BCUT2D eigenvalue weighted by Gasteiger charge is 2.19. The SMILES string of the molecule is CCOC(=O)c1nc(C(F)F)ccc1OC. The summed E-state index contributed by atoms with van der Waals surface area (Å²) in [6.45, 7) is 1.75. The summed E-state index contributed by atoms with van der Waals surface area (Å²) in [4.78, 5) is 14.9. The lowest BCUT2D eigenvalue weighted by Crippen LogP contribution is -2.10. The standard InChI is InChI=1S/C10H11F2NO3/c1-3-16-10(14)8-7(15-2)5-4-6(13-8)9(11)12/h4-5,9H,3H2,1-2H3. The van der Waals surface area contributed by atoms with Crippen LogP contribution in [0.1, 0.15) is 29.5 Å². The van der Waals surface area contributed by atoms with E-state index in [-0.39, 0.29) is 18.1 Å². The molecule has 0 N–H and O–H groups in total. The molecule has 1 heterocycles. The van der Waals surface area contributed by atoms with Crippen LogP contribution in [0.3, 0.4) is 0 Å². The van der Waals surface area contributed by atoms with Crippen molar-refractivity contribution in [2.75, 3.05) is 13.7 Å². The Bertz CT molecular complexity index is 382. The van der Waals surface area contributed by atoms with E-state index >= 15 is 0 Å². The summed E-state index contributed by atoms with van der Waals surface area (Å²) < 4.78 is 34.3. The number of esters is 1. The predicted molar refractivity (Wildman–Crippen MR) is 51.7 cm³/mol. The molecule has 4 nitrogen and oxygen atoms in total. The quantitative estimate of drug-likeness (QED) is 0.745. The number of hydrogen-bond donors (Lipinski definition) is 0. The Labute approximate surface area is 91.2 Å². The number of rotatable bonds is 4. The zero-order valence-electron chi connectivity index (χ0n) is 8.87. The highest BCUT2D eigenvalue weighted by molar-refractivity contribution is 5.90. The van der Waals surface area contributed by atoms with Gasteiger partial charge in [0, 0.05) is 0 Å². The van der Waals surface area contributed by atoms with Crippen LogP contribution in [0, 0.1) is 0 Å². The molecule has 0 unspecified atom stereocenters. The van der Waals surface area contributed by atoms with Crippen LogP contribution in [-0.4, -0.2) is 24.7 Å². The van der Waals surface area contributed by atoms with E-state index < -0.39 is 18.1 Å². The summed E-state index contributed by atoms with van der Waals surface area (Å²) in [7, 11) is 1.32. The van der Waals surface area contributed by atoms with Crippen molar-refractivity contribution in [1.29, 1.82) is 0 Å². The van der Waals surface area contributed by atoms with Crippen LogP contribution in [0.4, 0.5) is 8.78 Å². The van der Waals surface area contributed by atoms with Gasteiger partial charge < -0.3 is 9.47 Å². The number of nitrogens with zero attached hydrogens (tertiary/aromatic N) is 1. The van der Waals surface area contributed by atoms with E-state index in [1.165, 1.54) is 13.2 Å². The Kier molecular flexibility index (Phi) is 4.16. The second-order valence-corrected chi connectivity index (χ2v) is 2.81. The molecule has 0 spiro atoms. The van der Waals surface area contributed by atoms with Crippen LogP contribution in [0.2, 0.25) is 0 Å². The van der Waals surface area contributed by atoms with Crippen LogP contribution in [0.25, 0.3) is 0 Å². The van der Waals surface area contributed by atoms with Crippen LogP contribution < -0.4 is 4.74 Å². The molecule has 88 valence electrons. The van der Waals surface area contributed by atoms with Gasteiger partial charge >= 0.3 is 5.97 Å². The molecule has 0 atom stereocenters. The summed E-state index contributed by atoms with van der Waals surface area (Å²) in [6.07, 6.45) is -2.74. The maximum atomic E-state index is 12.4.